The second kappa shape index (κ2) is 11.7. The zero-order valence-corrected chi connectivity index (χ0v) is 27.2. The van der Waals surface area contributed by atoms with Gasteiger partial charge in [0.25, 0.3) is 0 Å². The highest BCUT2D eigenvalue weighted by molar-refractivity contribution is 6.00. The molecular weight excluding hydrogens is 663 g/mol. The van der Waals surface area contributed by atoms with Crippen LogP contribution in [0.2, 0.25) is 0 Å². The van der Waals surface area contributed by atoms with Crippen molar-refractivity contribution in [1.82, 2.24) is 29.9 Å². The lowest BCUT2D eigenvalue weighted by atomic mass is 9.89. The molecule has 0 spiro atoms. The van der Waals surface area contributed by atoms with Crippen molar-refractivity contribution in [1.29, 1.82) is 10.5 Å². The number of pyridine rings is 1. The van der Waals surface area contributed by atoms with Crippen LogP contribution in [-0.4, -0.2) is 85.4 Å². The minimum absolute atomic E-state index is 0.0773. The van der Waals surface area contributed by atoms with E-state index >= 15 is 8.78 Å². The van der Waals surface area contributed by atoms with Gasteiger partial charge in [-0.15, -0.1) is 0 Å². The molecule has 0 saturated carbocycles. The van der Waals surface area contributed by atoms with Gasteiger partial charge in [-0.1, -0.05) is 11.2 Å². The Morgan fingerprint density at radius 2 is 1.98 bits per heavy atom. The molecule has 3 aromatic heterocycles. The summed E-state index contributed by atoms with van der Waals surface area (Å²) < 4.78 is 58.2. The fourth-order valence-electron chi connectivity index (χ4n) is 8.89. The first-order valence-electron chi connectivity index (χ1n) is 16.9. The minimum Gasteiger partial charge on any atom is -0.508 e. The van der Waals surface area contributed by atoms with Crippen molar-refractivity contribution in [2.24, 2.45) is 0 Å². The van der Waals surface area contributed by atoms with E-state index in [1.165, 1.54) is 18.3 Å². The van der Waals surface area contributed by atoms with Crippen molar-refractivity contribution in [3.8, 4) is 35.3 Å². The zero-order chi connectivity index (χ0) is 35.0. The molecule has 258 valence electrons. The molecular formula is C36H30F3N9O3. The molecule has 3 saturated heterocycles. The van der Waals surface area contributed by atoms with Crippen molar-refractivity contribution in [2.45, 2.75) is 55.6 Å². The van der Waals surface area contributed by atoms with Gasteiger partial charge in [-0.25, -0.2) is 13.2 Å². The number of piperazine rings is 1. The second-order valence-corrected chi connectivity index (χ2v) is 13.8. The van der Waals surface area contributed by atoms with Crippen LogP contribution in [0.15, 0.2) is 41.2 Å². The number of rotatable bonds is 6. The van der Waals surface area contributed by atoms with Crippen LogP contribution in [0.3, 0.4) is 0 Å². The highest BCUT2D eigenvalue weighted by Gasteiger charge is 2.58. The summed E-state index contributed by atoms with van der Waals surface area (Å²) in [6.07, 6.45) is 8.90. The first-order valence-corrected chi connectivity index (χ1v) is 16.9. The fraction of sp³-hybridized carbons (Fsp3) is 0.389. The Morgan fingerprint density at radius 3 is 2.82 bits per heavy atom. The lowest BCUT2D eigenvalue weighted by Gasteiger charge is -2.38. The fourth-order valence-corrected chi connectivity index (χ4v) is 8.89. The molecule has 3 fully saturated rings. The molecule has 1 aliphatic carbocycles. The molecule has 15 heteroatoms. The number of phenols is 1. The molecule has 4 aliphatic rings. The van der Waals surface area contributed by atoms with Gasteiger partial charge in [0, 0.05) is 54.3 Å². The number of aromatic nitrogens is 4. The summed E-state index contributed by atoms with van der Waals surface area (Å²) in [5, 5.41) is 34.1. The van der Waals surface area contributed by atoms with Crippen molar-refractivity contribution in [2.75, 3.05) is 37.7 Å². The minimum atomic E-state index is -1.20. The molecule has 1 N–H and O–H groups in total. The van der Waals surface area contributed by atoms with E-state index in [9.17, 15) is 20.0 Å². The van der Waals surface area contributed by atoms with Gasteiger partial charge >= 0.3 is 6.01 Å². The van der Waals surface area contributed by atoms with Crippen LogP contribution in [0.1, 0.15) is 42.9 Å². The first kappa shape index (κ1) is 31.3. The molecule has 4 atom stereocenters. The summed E-state index contributed by atoms with van der Waals surface area (Å²) in [6, 6.07) is 6.56. The Kier molecular flexibility index (Phi) is 7.19. The summed E-state index contributed by atoms with van der Waals surface area (Å²) in [6.45, 7) is 2.06. The highest BCUT2D eigenvalue weighted by atomic mass is 19.2. The van der Waals surface area contributed by atoms with Gasteiger partial charge in [0.1, 0.15) is 35.6 Å². The summed E-state index contributed by atoms with van der Waals surface area (Å²) >= 11 is 0. The van der Waals surface area contributed by atoms with E-state index in [0.29, 0.717) is 24.9 Å². The quantitative estimate of drug-likeness (QED) is 0.234. The lowest BCUT2D eigenvalue weighted by Crippen LogP contribution is -2.51. The third-order valence-electron chi connectivity index (χ3n) is 11.2. The van der Waals surface area contributed by atoms with Crippen LogP contribution in [0.4, 0.5) is 19.0 Å². The molecule has 6 heterocycles. The number of ether oxygens (including phenoxy) is 1. The molecule has 0 amide bonds. The number of aromatic hydroxyl groups is 1. The number of nitrogens with zero attached hydrogens (tertiary/aromatic N) is 9. The highest BCUT2D eigenvalue weighted by Crippen LogP contribution is 2.54. The number of halogens is 3. The molecule has 2 aromatic carbocycles. The molecule has 0 radical (unpaired) electrons. The van der Waals surface area contributed by atoms with Crippen molar-refractivity contribution in [3.05, 3.63) is 65.4 Å². The van der Waals surface area contributed by atoms with Gasteiger partial charge in [-0.05, 0) is 55.8 Å². The number of hydrogen-bond donors (Lipinski definition) is 1. The summed E-state index contributed by atoms with van der Waals surface area (Å²) in [5.74, 6) is -3.02. The largest absolute Gasteiger partial charge is 0.508 e. The average Bonchev–Trinajstić information content (AvgIpc) is 3.89. The normalized spacial score (nSPS) is 24.1. The van der Waals surface area contributed by atoms with Crippen LogP contribution >= 0.6 is 0 Å². The molecule has 9 rings (SSSR count). The van der Waals surface area contributed by atoms with Crippen LogP contribution in [0.5, 0.6) is 11.8 Å². The van der Waals surface area contributed by atoms with E-state index in [-0.39, 0.29) is 75.7 Å². The SMILES string of the molecule is N#CC[C@H]1CN(c2nc(OCC34CCCN3C3Cc5conc5C3C4)nc3c(F)c(-c4cc(O)cc5ccc(F)c(F)c45)ncc23)CCN1C#N. The van der Waals surface area contributed by atoms with E-state index in [1.54, 1.807) is 11.2 Å². The second-order valence-electron chi connectivity index (χ2n) is 13.8. The molecule has 0 bridgehead atoms. The van der Waals surface area contributed by atoms with Gasteiger partial charge in [0.05, 0.1) is 35.2 Å². The van der Waals surface area contributed by atoms with Crippen LogP contribution in [0.25, 0.3) is 32.9 Å². The molecule has 3 aliphatic heterocycles. The summed E-state index contributed by atoms with van der Waals surface area (Å²) in [4.78, 5) is 19.6. The van der Waals surface area contributed by atoms with Crippen molar-refractivity contribution >= 4 is 27.5 Å². The molecule has 5 aromatic rings. The Labute approximate surface area is 289 Å². The Balaban J connectivity index is 1.14. The lowest BCUT2D eigenvalue weighted by molar-refractivity contribution is 0.0849. The van der Waals surface area contributed by atoms with E-state index in [2.05, 4.69) is 32.3 Å². The number of hydrogen-bond acceptors (Lipinski definition) is 12. The van der Waals surface area contributed by atoms with Crippen molar-refractivity contribution < 1.29 is 27.5 Å². The number of nitriles is 2. The Morgan fingerprint density at radius 1 is 1.10 bits per heavy atom. The third kappa shape index (κ3) is 4.82. The van der Waals surface area contributed by atoms with Crippen molar-refractivity contribution in [3.63, 3.8) is 0 Å². The number of fused-ring (bicyclic) bond motifs is 7. The van der Waals surface area contributed by atoms with Crippen LogP contribution < -0.4 is 9.64 Å². The standard InChI is InChI=1S/C36H30F3N9O3/c37-26-3-2-19-10-22(49)12-23(28(19)29(26)38)32-30(39)33-25(14-42-32)34(46-8-9-47(18-41)21(15-46)4-6-40)44-35(43-33)50-17-36-5-1-7-48(36)27-11-20-16-51-45-31(20)24(27)13-36/h2-3,10,12,14,16,21,24,27,49H,1,4-5,7-9,11,13,15,17H2/t21-,24?,27?,36?/m0/s1. The van der Waals surface area contributed by atoms with Gasteiger partial charge in [0.15, 0.2) is 23.6 Å². The summed E-state index contributed by atoms with van der Waals surface area (Å²) in [5.41, 5.74) is 1.19. The average molecular weight is 694 g/mol. The van der Waals surface area contributed by atoms with Gasteiger partial charge < -0.3 is 24.2 Å². The number of benzene rings is 2. The van der Waals surface area contributed by atoms with E-state index in [0.717, 1.165) is 55.6 Å². The van der Waals surface area contributed by atoms with E-state index in [4.69, 9.17) is 14.2 Å². The monoisotopic (exact) mass is 693 g/mol. The smallest absolute Gasteiger partial charge is 0.319 e. The summed E-state index contributed by atoms with van der Waals surface area (Å²) in [7, 11) is 0. The number of phenolic OH excluding ortho intramolecular Hbond substituents is 1. The maximum atomic E-state index is 16.9. The predicted octanol–water partition coefficient (Wildman–Crippen LogP) is 5.17. The molecule has 3 unspecified atom stereocenters. The van der Waals surface area contributed by atoms with Gasteiger partial charge in [-0.3, -0.25) is 9.88 Å². The van der Waals surface area contributed by atoms with Gasteiger partial charge in [0.2, 0.25) is 0 Å². The maximum absolute atomic E-state index is 16.9. The van der Waals surface area contributed by atoms with E-state index in [1.807, 2.05) is 4.90 Å². The third-order valence-corrected chi connectivity index (χ3v) is 11.2. The topological polar surface area (TPSA) is 151 Å². The van der Waals surface area contributed by atoms with Gasteiger partial charge in [-0.2, -0.15) is 20.5 Å². The van der Waals surface area contributed by atoms with E-state index < -0.39 is 23.5 Å². The van der Waals surface area contributed by atoms with Crippen LogP contribution in [0, 0.1) is 40.2 Å². The maximum Gasteiger partial charge on any atom is 0.319 e. The molecule has 51 heavy (non-hydrogen) atoms. The Bertz CT molecular complexity index is 2320. The predicted molar refractivity (Wildman–Crippen MR) is 176 cm³/mol. The molecule has 12 nitrogen and oxygen atoms in total. The zero-order valence-electron chi connectivity index (χ0n) is 27.2. The van der Waals surface area contributed by atoms with Crippen LogP contribution in [-0.2, 0) is 6.42 Å². The number of anilines is 1. The Hall–Kier alpha value is -5.67. The first-order chi connectivity index (χ1) is 24.8.